The van der Waals surface area contributed by atoms with Crippen molar-refractivity contribution >= 4 is 27.5 Å². The maximum absolute atomic E-state index is 13.2. The van der Waals surface area contributed by atoms with Crippen molar-refractivity contribution in [2.45, 2.75) is 24.8 Å². The Hall–Kier alpha value is -2.99. The van der Waals surface area contributed by atoms with Gasteiger partial charge < -0.3 is 14.2 Å². The second-order valence-corrected chi connectivity index (χ2v) is 10.1. The van der Waals surface area contributed by atoms with E-state index in [2.05, 4.69) is 9.97 Å². The molecular weight excluding hydrogens is 458 g/mol. The molecule has 4 rings (SSSR count). The predicted octanol–water partition coefficient (Wildman–Crippen LogP) is 1.50. The summed E-state index contributed by atoms with van der Waals surface area (Å²) in [6.07, 6.45) is 2.15. The average Bonchev–Trinajstić information content (AvgIpc) is 2.85. The average molecular weight is 486 g/mol. The van der Waals surface area contributed by atoms with E-state index in [0.29, 0.717) is 30.7 Å². The minimum Gasteiger partial charge on any atom is -0.593 e. The third-order valence-electron chi connectivity index (χ3n) is 5.82. The van der Waals surface area contributed by atoms with Crippen LogP contribution in [0.1, 0.15) is 22.5 Å². The number of carbonyl (C=O) groups is 1. The molecule has 1 amide bonds. The van der Waals surface area contributed by atoms with E-state index < -0.39 is 21.9 Å². The number of sulfonamides is 1. The van der Waals surface area contributed by atoms with E-state index in [1.54, 1.807) is 49.7 Å². The lowest BCUT2D eigenvalue weighted by Gasteiger charge is -2.35. The lowest BCUT2D eigenvalue weighted by Crippen LogP contribution is -2.53. The van der Waals surface area contributed by atoms with Gasteiger partial charge >= 0.3 is 0 Å². The van der Waals surface area contributed by atoms with Crippen molar-refractivity contribution in [3.8, 4) is 0 Å². The topological polar surface area (TPSA) is 121 Å². The summed E-state index contributed by atoms with van der Waals surface area (Å²) in [6, 6.07) is 10.1. The quantitative estimate of drug-likeness (QED) is 0.367. The van der Waals surface area contributed by atoms with E-state index in [1.807, 2.05) is 6.92 Å². The summed E-state index contributed by atoms with van der Waals surface area (Å²) in [7, 11) is -2.07. The highest BCUT2D eigenvalue weighted by atomic mass is 32.3. The zero-order chi connectivity index (χ0) is 24.3. The highest BCUT2D eigenvalue weighted by Gasteiger charge is 2.35. The Balaban J connectivity index is 1.54. The highest BCUT2D eigenvalue weighted by Crippen LogP contribution is 2.23. The zero-order valence-corrected chi connectivity index (χ0v) is 20.0. The second-order valence-electron chi connectivity index (χ2n) is 8.12. The number of pyridine rings is 1. The molecule has 3 aromatic rings. The molecule has 0 N–H and O–H groups in total. The molecule has 1 unspecified atom stereocenters. The summed E-state index contributed by atoms with van der Waals surface area (Å²) >= 11 is 0. The Kier molecular flexibility index (Phi) is 7.17. The fourth-order valence-electron chi connectivity index (χ4n) is 3.93. The molecule has 1 aliphatic rings. The Bertz CT molecular complexity index is 1290. The molecule has 1 atom stereocenters. The van der Waals surface area contributed by atoms with Gasteiger partial charge in [-0.15, -0.1) is 4.31 Å². The standard InChI is InChI=1S/C23H27N5O5S/c1-17-6-8-18(9-7-17)34(31,32)27-14-12-26(13-15-27)22(29)20-23(30)28(11-4-16-33-2)21-19(25-20)5-3-10-24-21/h3,5-10H,4,11-16H2,1-2H3. The van der Waals surface area contributed by atoms with Gasteiger partial charge in [-0.3, -0.25) is 14.2 Å². The van der Waals surface area contributed by atoms with Crippen molar-refractivity contribution in [1.29, 1.82) is 0 Å². The van der Waals surface area contributed by atoms with Crippen molar-refractivity contribution in [3.63, 3.8) is 0 Å². The van der Waals surface area contributed by atoms with Crippen LogP contribution in [-0.4, -0.2) is 74.1 Å². The summed E-state index contributed by atoms with van der Waals surface area (Å²) in [5.41, 5.74) is 1.13. The molecule has 3 heterocycles. The van der Waals surface area contributed by atoms with Gasteiger partial charge in [-0.25, -0.2) is 9.97 Å². The van der Waals surface area contributed by atoms with Crippen molar-refractivity contribution in [1.82, 2.24) is 23.7 Å². The predicted molar refractivity (Wildman–Crippen MR) is 126 cm³/mol. The normalized spacial score (nSPS) is 16.5. The zero-order valence-electron chi connectivity index (χ0n) is 19.2. The monoisotopic (exact) mass is 485 g/mol. The van der Waals surface area contributed by atoms with Crippen LogP contribution < -0.4 is 5.56 Å². The molecule has 34 heavy (non-hydrogen) atoms. The molecule has 1 aromatic carbocycles. The smallest absolute Gasteiger partial charge is 0.283 e. The number of benzene rings is 1. The number of ether oxygens (including phenoxy) is 1. The van der Waals surface area contributed by atoms with Crippen LogP contribution in [0.15, 0.2) is 52.3 Å². The lowest BCUT2D eigenvalue weighted by molar-refractivity contribution is 0.0685. The van der Waals surface area contributed by atoms with Gasteiger partial charge in [0.25, 0.3) is 11.5 Å². The molecule has 10 nitrogen and oxygen atoms in total. The fraction of sp³-hybridized carbons (Fsp3) is 0.391. The maximum Gasteiger partial charge on any atom is 0.283 e. The summed E-state index contributed by atoms with van der Waals surface area (Å²) in [5.74, 6) is -0.511. The van der Waals surface area contributed by atoms with E-state index >= 15 is 0 Å². The van der Waals surface area contributed by atoms with E-state index in [4.69, 9.17) is 4.74 Å². The van der Waals surface area contributed by atoms with Crippen molar-refractivity contribution < 1.29 is 18.3 Å². The first-order valence-corrected chi connectivity index (χ1v) is 12.5. The van der Waals surface area contributed by atoms with E-state index in [1.165, 1.54) is 13.8 Å². The molecule has 1 fully saturated rings. The Morgan fingerprint density at radius 1 is 1.15 bits per heavy atom. The molecule has 0 aliphatic carbocycles. The summed E-state index contributed by atoms with van der Waals surface area (Å²) < 4.78 is 33.8. The van der Waals surface area contributed by atoms with Gasteiger partial charge in [-0.05, 0) is 37.6 Å². The van der Waals surface area contributed by atoms with Crippen molar-refractivity contribution in [3.05, 3.63) is 64.2 Å². The minimum atomic E-state index is -3.66. The van der Waals surface area contributed by atoms with Crippen LogP contribution in [0.2, 0.25) is 0 Å². The second kappa shape index (κ2) is 10.1. The number of rotatable bonds is 7. The Morgan fingerprint density at radius 2 is 1.85 bits per heavy atom. The number of aryl methyl sites for hydroxylation is 2. The number of fused-ring (bicyclic) bond motifs is 1. The van der Waals surface area contributed by atoms with Crippen molar-refractivity contribution in [2.24, 2.45) is 0 Å². The molecule has 0 spiro atoms. The van der Waals surface area contributed by atoms with E-state index in [0.717, 1.165) is 5.56 Å². The fourth-order valence-corrected chi connectivity index (χ4v) is 5.35. The van der Waals surface area contributed by atoms with Gasteiger partial charge in [-0.1, -0.05) is 21.9 Å². The van der Waals surface area contributed by atoms with Crippen LogP contribution in [0.5, 0.6) is 0 Å². The molecule has 0 saturated carbocycles. The lowest BCUT2D eigenvalue weighted by atomic mass is 10.2. The molecule has 2 aromatic heterocycles. The minimum absolute atomic E-state index is 0.138. The Labute approximate surface area is 198 Å². The largest absolute Gasteiger partial charge is 0.593 e. The SMILES string of the molecule is COCCCn1c(=O)c(C(=O)N2CCN([S+](=O)([O-])c3ccc(C)cc3)CC2)nc2cccnc21. The van der Waals surface area contributed by atoms with Gasteiger partial charge in [0.05, 0.1) is 13.1 Å². The van der Waals surface area contributed by atoms with Crippen LogP contribution in [0.4, 0.5) is 0 Å². The number of aromatic nitrogens is 3. The third kappa shape index (κ3) is 4.78. The van der Waals surface area contributed by atoms with E-state index in [-0.39, 0.29) is 36.8 Å². The first-order chi connectivity index (χ1) is 16.3. The number of nitrogens with zero attached hydrogens (tertiary/aromatic N) is 5. The number of methoxy groups -OCH3 is 1. The third-order valence-corrected chi connectivity index (χ3v) is 7.73. The highest BCUT2D eigenvalue weighted by molar-refractivity contribution is 7.95. The number of hydrogen-bond donors (Lipinski definition) is 0. The van der Waals surface area contributed by atoms with Gasteiger partial charge in [0, 0.05) is 39.5 Å². The number of amides is 1. The first-order valence-electron chi connectivity index (χ1n) is 11.0. The number of piperazine rings is 1. The first kappa shape index (κ1) is 24.1. The molecule has 11 heteroatoms. The van der Waals surface area contributed by atoms with Crippen LogP contribution in [0.3, 0.4) is 0 Å². The summed E-state index contributed by atoms with van der Waals surface area (Å²) in [4.78, 5) is 36.7. The number of hydrogen-bond acceptors (Lipinski definition) is 7. The summed E-state index contributed by atoms with van der Waals surface area (Å²) in [6.45, 7) is 3.30. The van der Waals surface area contributed by atoms with Crippen LogP contribution in [0, 0.1) is 6.92 Å². The van der Waals surface area contributed by atoms with Crippen LogP contribution in [0.25, 0.3) is 11.2 Å². The molecule has 0 radical (unpaired) electrons. The molecule has 0 bridgehead atoms. The van der Waals surface area contributed by atoms with Gasteiger partial charge in [-0.2, -0.15) is 0 Å². The molecule has 180 valence electrons. The number of carbonyl (C=O) groups excluding carboxylic acids is 1. The van der Waals surface area contributed by atoms with Gasteiger partial charge in [0.2, 0.25) is 0 Å². The van der Waals surface area contributed by atoms with Gasteiger partial charge in [0.15, 0.2) is 26.6 Å². The van der Waals surface area contributed by atoms with E-state index in [9.17, 15) is 18.4 Å². The molecule has 1 saturated heterocycles. The van der Waals surface area contributed by atoms with Crippen LogP contribution in [-0.2, 0) is 25.9 Å². The summed E-state index contributed by atoms with van der Waals surface area (Å²) in [5, 5.41) is 0. The molecule has 1 aliphatic heterocycles. The Morgan fingerprint density at radius 3 is 2.53 bits per heavy atom. The maximum atomic E-state index is 13.2. The molecular formula is C23H27N5O5S. The van der Waals surface area contributed by atoms with Gasteiger partial charge in [0.1, 0.15) is 5.52 Å². The van der Waals surface area contributed by atoms with Crippen molar-refractivity contribution in [2.75, 3.05) is 39.9 Å². The van der Waals surface area contributed by atoms with Crippen LogP contribution >= 0.6 is 0 Å².